The maximum absolute atomic E-state index is 13.1. The van der Waals surface area contributed by atoms with Gasteiger partial charge in [-0.1, -0.05) is 27.7 Å². The first kappa shape index (κ1) is 27.2. The number of nitrogens with zero attached hydrogens (tertiary/aromatic N) is 1. The summed E-state index contributed by atoms with van der Waals surface area (Å²) in [6.45, 7) is 11.8. The minimum atomic E-state index is -0.839. The summed E-state index contributed by atoms with van der Waals surface area (Å²) in [5.41, 5.74) is 0. The molecule has 186 valence electrons. The number of Topliss-reactive ketones (excluding diaryl/α,β-unsaturated/α-hetero) is 1. The summed E-state index contributed by atoms with van der Waals surface area (Å²) in [5, 5.41) is 10.9. The first-order valence-corrected chi connectivity index (χ1v) is 12.3. The SMILES string of the molecule is CC[C@H]1OC(=O)[C@H](C)[C@@H](O[C@@H]2O[C@H](C)C[C@H](N(C)C)[C@H]2O)[C@@H](C)C[C@@H](C)C(=O)CC[C@H]1C. The van der Waals surface area contributed by atoms with Crippen LogP contribution in [0.4, 0.5) is 0 Å². The van der Waals surface area contributed by atoms with Gasteiger partial charge in [0.1, 0.15) is 18.0 Å². The number of ether oxygens (including phenoxy) is 3. The zero-order chi connectivity index (χ0) is 24.2. The molecule has 0 aliphatic carbocycles. The van der Waals surface area contributed by atoms with Crippen LogP contribution >= 0.6 is 0 Å². The van der Waals surface area contributed by atoms with Gasteiger partial charge in [-0.05, 0) is 65.5 Å². The number of carbonyl (C=O) groups excluding carboxylic acids is 2. The predicted molar refractivity (Wildman–Crippen MR) is 123 cm³/mol. The van der Waals surface area contributed by atoms with Gasteiger partial charge < -0.3 is 24.2 Å². The molecule has 0 spiro atoms. The number of likely N-dealkylation sites (N-methyl/N-ethyl adjacent to an activating group) is 1. The topological polar surface area (TPSA) is 85.3 Å². The molecule has 32 heavy (non-hydrogen) atoms. The Labute approximate surface area is 194 Å². The Kier molecular flexibility index (Phi) is 10.1. The van der Waals surface area contributed by atoms with Gasteiger partial charge in [-0.15, -0.1) is 0 Å². The van der Waals surface area contributed by atoms with Gasteiger partial charge in [0.15, 0.2) is 6.29 Å². The number of hydrogen-bond donors (Lipinski definition) is 1. The van der Waals surface area contributed by atoms with Crippen molar-refractivity contribution in [1.82, 2.24) is 4.90 Å². The third-order valence-corrected chi connectivity index (χ3v) is 7.42. The second-order valence-electron chi connectivity index (χ2n) is 10.4. The lowest BCUT2D eigenvalue weighted by molar-refractivity contribution is -0.279. The zero-order valence-corrected chi connectivity index (χ0v) is 21.2. The van der Waals surface area contributed by atoms with Crippen LogP contribution in [0, 0.1) is 23.7 Å². The van der Waals surface area contributed by atoms with Crippen molar-refractivity contribution in [3.05, 3.63) is 0 Å². The molecule has 7 nitrogen and oxygen atoms in total. The van der Waals surface area contributed by atoms with Crippen LogP contribution in [-0.4, -0.2) is 72.6 Å². The molecule has 10 atom stereocenters. The van der Waals surface area contributed by atoms with Crippen molar-refractivity contribution in [3.63, 3.8) is 0 Å². The monoisotopic (exact) mass is 455 g/mol. The maximum atomic E-state index is 13.1. The van der Waals surface area contributed by atoms with Gasteiger partial charge in [-0.25, -0.2) is 0 Å². The van der Waals surface area contributed by atoms with Crippen LogP contribution in [-0.2, 0) is 23.8 Å². The average molecular weight is 456 g/mol. The fourth-order valence-electron chi connectivity index (χ4n) is 5.17. The number of aliphatic hydroxyl groups is 1. The number of carbonyl (C=O) groups is 2. The molecule has 0 amide bonds. The van der Waals surface area contributed by atoms with E-state index in [2.05, 4.69) is 0 Å². The van der Waals surface area contributed by atoms with Gasteiger partial charge in [0, 0.05) is 18.4 Å². The minimum absolute atomic E-state index is 0.0783. The van der Waals surface area contributed by atoms with Crippen molar-refractivity contribution in [3.8, 4) is 0 Å². The number of cyclic esters (lactones) is 1. The molecule has 0 aromatic rings. The Morgan fingerprint density at radius 1 is 1.06 bits per heavy atom. The van der Waals surface area contributed by atoms with Crippen LogP contribution in [0.15, 0.2) is 0 Å². The summed E-state index contributed by atoms with van der Waals surface area (Å²) >= 11 is 0. The van der Waals surface area contributed by atoms with Crippen molar-refractivity contribution in [1.29, 1.82) is 0 Å². The van der Waals surface area contributed by atoms with Gasteiger partial charge in [-0.2, -0.15) is 0 Å². The lowest BCUT2D eigenvalue weighted by atomic mass is 9.83. The van der Waals surface area contributed by atoms with E-state index in [4.69, 9.17) is 14.2 Å². The van der Waals surface area contributed by atoms with Gasteiger partial charge in [-0.3, -0.25) is 9.59 Å². The lowest BCUT2D eigenvalue weighted by Gasteiger charge is -2.43. The highest BCUT2D eigenvalue weighted by atomic mass is 16.7. The zero-order valence-electron chi connectivity index (χ0n) is 21.2. The molecule has 0 aromatic carbocycles. The molecule has 2 saturated heterocycles. The highest BCUT2D eigenvalue weighted by Gasteiger charge is 2.43. The summed E-state index contributed by atoms with van der Waals surface area (Å²) in [4.78, 5) is 27.9. The Hall–Kier alpha value is -1.02. The summed E-state index contributed by atoms with van der Waals surface area (Å²) < 4.78 is 18.2. The van der Waals surface area contributed by atoms with Crippen LogP contribution < -0.4 is 0 Å². The number of ketones is 1. The van der Waals surface area contributed by atoms with E-state index in [9.17, 15) is 14.7 Å². The number of hydrogen-bond acceptors (Lipinski definition) is 7. The molecule has 0 bridgehead atoms. The van der Waals surface area contributed by atoms with E-state index in [0.717, 1.165) is 6.42 Å². The van der Waals surface area contributed by atoms with Crippen molar-refractivity contribution in [2.45, 2.75) is 110 Å². The largest absolute Gasteiger partial charge is 0.462 e. The molecule has 2 aliphatic heterocycles. The summed E-state index contributed by atoms with van der Waals surface area (Å²) in [5.74, 6) is -0.668. The molecule has 2 aliphatic rings. The third kappa shape index (κ3) is 6.75. The molecular formula is C25H45NO6. The van der Waals surface area contributed by atoms with Gasteiger partial charge in [0.2, 0.25) is 0 Å². The fourth-order valence-corrected chi connectivity index (χ4v) is 5.17. The molecule has 2 rings (SSSR count). The Balaban J connectivity index is 2.29. The van der Waals surface area contributed by atoms with Crippen molar-refractivity contribution < 1.29 is 28.9 Å². The van der Waals surface area contributed by atoms with E-state index < -0.39 is 24.4 Å². The van der Waals surface area contributed by atoms with Gasteiger partial charge in [0.05, 0.1) is 18.1 Å². The van der Waals surface area contributed by atoms with E-state index >= 15 is 0 Å². The molecule has 1 N–H and O–H groups in total. The summed E-state index contributed by atoms with van der Waals surface area (Å²) in [6.07, 6.45) is 0.739. The van der Waals surface area contributed by atoms with Crippen LogP contribution in [0.25, 0.3) is 0 Å². The molecule has 0 radical (unpaired) electrons. The van der Waals surface area contributed by atoms with Crippen molar-refractivity contribution >= 4 is 11.8 Å². The normalized spacial score (nSPS) is 42.8. The average Bonchev–Trinajstić information content (AvgIpc) is 2.73. The Bertz CT molecular complexity index is 626. The molecule has 0 aromatic heterocycles. The molecular weight excluding hydrogens is 410 g/mol. The smallest absolute Gasteiger partial charge is 0.311 e. The van der Waals surface area contributed by atoms with Crippen LogP contribution in [0.3, 0.4) is 0 Å². The number of aliphatic hydroxyl groups excluding tert-OH is 1. The summed E-state index contributed by atoms with van der Waals surface area (Å²) in [7, 11) is 3.86. The van der Waals surface area contributed by atoms with E-state index in [1.807, 2.05) is 60.5 Å². The highest BCUT2D eigenvalue weighted by Crippen LogP contribution is 2.32. The summed E-state index contributed by atoms with van der Waals surface area (Å²) in [6, 6.07) is -0.0987. The second kappa shape index (κ2) is 11.9. The van der Waals surface area contributed by atoms with Crippen LogP contribution in [0.2, 0.25) is 0 Å². The fraction of sp³-hybridized carbons (Fsp3) is 0.920. The molecule has 2 fully saturated rings. The van der Waals surface area contributed by atoms with Crippen molar-refractivity contribution in [2.75, 3.05) is 14.1 Å². The number of rotatable bonds is 4. The molecule has 2 heterocycles. The predicted octanol–water partition coefficient (Wildman–Crippen LogP) is 3.42. The molecule has 7 heteroatoms. The van der Waals surface area contributed by atoms with Gasteiger partial charge in [0.25, 0.3) is 0 Å². The Morgan fingerprint density at radius 3 is 2.31 bits per heavy atom. The van der Waals surface area contributed by atoms with E-state index in [0.29, 0.717) is 25.7 Å². The van der Waals surface area contributed by atoms with E-state index in [1.54, 1.807) is 0 Å². The maximum Gasteiger partial charge on any atom is 0.311 e. The third-order valence-electron chi connectivity index (χ3n) is 7.42. The van der Waals surface area contributed by atoms with Gasteiger partial charge >= 0.3 is 5.97 Å². The standard InChI is InChI=1S/C25H45NO6/c1-9-21-14(2)10-11-20(27)15(3)12-16(4)23(18(6)24(29)31-21)32-25-22(28)19(26(7)8)13-17(5)30-25/h14-19,21-23,25,28H,9-13H2,1-8H3/t14-,15-,16+,17-,18-,19+,21-,22-,23+,25+/m1/s1. The second-order valence-corrected chi connectivity index (χ2v) is 10.4. The van der Waals surface area contributed by atoms with Crippen LogP contribution in [0.5, 0.6) is 0 Å². The van der Waals surface area contributed by atoms with E-state index in [1.165, 1.54) is 0 Å². The first-order chi connectivity index (χ1) is 15.0. The quantitative estimate of drug-likeness (QED) is 0.650. The Morgan fingerprint density at radius 2 is 1.72 bits per heavy atom. The highest BCUT2D eigenvalue weighted by molar-refractivity contribution is 5.80. The van der Waals surface area contributed by atoms with Crippen molar-refractivity contribution in [2.24, 2.45) is 23.7 Å². The molecule has 0 saturated carbocycles. The number of esters is 1. The van der Waals surface area contributed by atoms with E-state index in [-0.39, 0.29) is 47.8 Å². The van der Waals surface area contributed by atoms with Crippen LogP contribution in [0.1, 0.15) is 73.6 Å². The lowest BCUT2D eigenvalue weighted by Crippen LogP contribution is -2.56. The molecule has 0 unspecified atom stereocenters. The minimum Gasteiger partial charge on any atom is -0.462 e. The first-order valence-electron chi connectivity index (χ1n) is 12.3.